The molecule has 0 aliphatic carbocycles. The third kappa shape index (κ3) is 10.3. The lowest BCUT2D eigenvalue weighted by molar-refractivity contribution is -0.384. The molecule has 3 heterocycles. The van der Waals surface area contributed by atoms with E-state index in [-0.39, 0.29) is 47.9 Å². The fourth-order valence-electron chi connectivity index (χ4n) is 10.7. The van der Waals surface area contributed by atoms with Crippen LogP contribution < -0.4 is 15.0 Å². The maximum absolute atomic E-state index is 16.7. The van der Waals surface area contributed by atoms with Crippen molar-refractivity contribution in [2.24, 2.45) is 11.8 Å². The third-order valence-corrected chi connectivity index (χ3v) is 14.1. The monoisotopic (exact) mass is 1060 g/mol. The number of non-ortho nitro benzene ring substituents is 1. The van der Waals surface area contributed by atoms with Crippen molar-refractivity contribution in [1.82, 2.24) is 10.2 Å². The number of fused-ring (bicyclic) bond motifs is 3. The smallest absolute Gasteiger partial charge is 0.421 e. The summed E-state index contributed by atoms with van der Waals surface area (Å²) in [5.41, 5.74) is -0.0765. The van der Waals surface area contributed by atoms with Crippen LogP contribution in [0.1, 0.15) is 69.7 Å². The number of morpholine rings is 1. The number of amides is 3. The molecule has 2 saturated heterocycles. The molecule has 3 aliphatic rings. The van der Waals surface area contributed by atoms with Crippen molar-refractivity contribution in [2.75, 3.05) is 38.9 Å². The number of nitrogens with one attached hydrogen (secondary N) is 1. The zero-order valence-corrected chi connectivity index (χ0v) is 42.1. The molecule has 2 fully saturated rings. The first kappa shape index (κ1) is 53.6. The third-order valence-electron chi connectivity index (χ3n) is 14.1. The Labute approximate surface area is 447 Å². The van der Waals surface area contributed by atoms with Crippen LogP contribution in [-0.2, 0) is 54.9 Å². The second-order valence-electron chi connectivity index (χ2n) is 18.5. The van der Waals surface area contributed by atoms with Gasteiger partial charge in [0.1, 0.15) is 36.5 Å². The molecule has 3 N–H and O–H groups in total. The number of rotatable bonds is 16. The molecule has 3 amide bonds. The van der Waals surface area contributed by atoms with Crippen LogP contribution in [-0.4, -0.2) is 95.9 Å². The average molecular weight is 1060 g/mol. The van der Waals surface area contributed by atoms with Gasteiger partial charge in [-0.25, -0.2) is 9.69 Å². The van der Waals surface area contributed by atoms with Crippen molar-refractivity contribution in [1.29, 1.82) is 0 Å². The number of benzene rings is 6. The summed E-state index contributed by atoms with van der Waals surface area (Å²) >= 11 is 0. The second kappa shape index (κ2) is 23.3. The summed E-state index contributed by atoms with van der Waals surface area (Å²) in [6, 6.07) is 38.9. The number of cyclic esters (lactones) is 1. The molecule has 7 unspecified atom stereocenters. The quantitative estimate of drug-likeness (QED) is 0.0233. The first-order chi connectivity index (χ1) is 37.8. The first-order valence-corrected chi connectivity index (χ1v) is 24.8. The van der Waals surface area contributed by atoms with Gasteiger partial charge in [-0.1, -0.05) is 115 Å². The number of aliphatic hydroxyl groups is 2. The molecule has 6 aromatic rings. The van der Waals surface area contributed by atoms with E-state index in [0.29, 0.717) is 27.8 Å². The fraction of sp³-hybridized carbons (Fsp3) is 0.254. The first-order valence-electron chi connectivity index (χ1n) is 24.8. The van der Waals surface area contributed by atoms with Crippen LogP contribution in [0.2, 0.25) is 0 Å². The van der Waals surface area contributed by atoms with Gasteiger partial charge in [-0.15, -0.1) is 0 Å². The van der Waals surface area contributed by atoms with E-state index in [0.717, 1.165) is 19.1 Å². The SMILES string of the molecule is COC(=O)C(CC#Cc1ccc2c(c1)C1(C(=O)N2C(=O)OCc2ccc([N+](=O)[O-])cc2)C(C(=O)NCC(O)c2ccccc2)C2C(=O)OC(c3ccccc3)C(c3ccccc3)N2C1c1cccc(OCCO)c1)C(=O)OC. The number of ether oxygens (including phenoxy) is 5. The number of nitro groups is 1. The van der Waals surface area contributed by atoms with Crippen LogP contribution in [0.3, 0.4) is 0 Å². The summed E-state index contributed by atoms with van der Waals surface area (Å²) in [6.07, 6.45) is -3.90. The second-order valence-corrected chi connectivity index (χ2v) is 18.5. The number of carbonyl (C=O) groups is 6. The zero-order valence-electron chi connectivity index (χ0n) is 42.1. The Hall–Kier alpha value is -9.22. The van der Waals surface area contributed by atoms with Crippen LogP contribution in [0, 0.1) is 33.8 Å². The normalized spacial score (nSPS) is 20.6. The minimum Gasteiger partial charge on any atom is -0.491 e. The Morgan fingerprint density at radius 3 is 2.08 bits per heavy atom. The van der Waals surface area contributed by atoms with Gasteiger partial charge in [0, 0.05) is 30.7 Å². The largest absolute Gasteiger partial charge is 0.491 e. The van der Waals surface area contributed by atoms with Gasteiger partial charge < -0.3 is 39.2 Å². The van der Waals surface area contributed by atoms with Crippen molar-refractivity contribution >= 4 is 47.2 Å². The lowest BCUT2D eigenvalue weighted by atomic mass is 9.65. The number of esters is 3. The average Bonchev–Trinajstić information content (AvgIpc) is 4.13. The molecule has 3 aliphatic heterocycles. The van der Waals surface area contributed by atoms with Crippen molar-refractivity contribution in [2.45, 2.75) is 48.8 Å². The lowest BCUT2D eigenvalue weighted by Crippen LogP contribution is -2.56. The van der Waals surface area contributed by atoms with Gasteiger partial charge in [-0.2, -0.15) is 0 Å². The van der Waals surface area contributed by atoms with Gasteiger partial charge in [0.15, 0.2) is 5.92 Å². The van der Waals surface area contributed by atoms with Gasteiger partial charge in [-0.3, -0.25) is 39.0 Å². The van der Waals surface area contributed by atoms with Crippen molar-refractivity contribution in [3.05, 3.63) is 207 Å². The molecule has 0 radical (unpaired) electrons. The van der Waals surface area contributed by atoms with E-state index in [9.17, 15) is 34.7 Å². The Kier molecular flexibility index (Phi) is 16.0. The maximum Gasteiger partial charge on any atom is 0.421 e. The number of aliphatic hydroxyl groups excluding tert-OH is 2. The van der Waals surface area contributed by atoms with Crippen LogP contribution in [0.25, 0.3) is 0 Å². The molecule has 19 heteroatoms. The molecule has 78 heavy (non-hydrogen) atoms. The number of methoxy groups -OCH3 is 2. The summed E-state index contributed by atoms with van der Waals surface area (Å²) in [6.45, 7) is -1.33. The van der Waals surface area contributed by atoms with E-state index in [1.54, 1.807) is 102 Å². The van der Waals surface area contributed by atoms with Crippen LogP contribution >= 0.6 is 0 Å². The number of carbonyl (C=O) groups excluding carboxylic acids is 6. The highest BCUT2D eigenvalue weighted by Crippen LogP contribution is 2.66. The molecular formula is C59H52N4O15. The van der Waals surface area contributed by atoms with Crippen LogP contribution in [0.4, 0.5) is 16.2 Å². The molecule has 6 aromatic carbocycles. The number of imide groups is 1. The highest BCUT2D eigenvalue weighted by atomic mass is 16.6. The molecule has 9 rings (SSSR count). The van der Waals surface area contributed by atoms with Gasteiger partial charge >= 0.3 is 24.0 Å². The summed E-state index contributed by atoms with van der Waals surface area (Å²) in [7, 11) is 2.22. The van der Waals surface area contributed by atoms with E-state index in [1.165, 1.54) is 42.5 Å². The maximum atomic E-state index is 16.7. The van der Waals surface area contributed by atoms with Gasteiger partial charge in [-0.05, 0) is 75.8 Å². The summed E-state index contributed by atoms with van der Waals surface area (Å²) < 4.78 is 28.1. The molecule has 1 spiro atoms. The molecule has 7 atom stereocenters. The molecule has 0 bridgehead atoms. The predicted molar refractivity (Wildman–Crippen MR) is 278 cm³/mol. The minimum atomic E-state index is -2.33. The Morgan fingerprint density at radius 2 is 1.44 bits per heavy atom. The van der Waals surface area contributed by atoms with E-state index < -0.39 is 101 Å². The topological polar surface area (TPSA) is 251 Å². The molecule has 398 valence electrons. The fourth-order valence-corrected chi connectivity index (χ4v) is 10.7. The highest BCUT2D eigenvalue weighted by Gasteiger charge is 2.76. The molecule has 0 aromatic heterocycles. The van der Waals surface area contributed by atoms with E-state index in [4.69, 9.17) is 23.7 Å². The minimum absolute atomic E-state index is 0.0322. The van der Waals surface area contributed by atoms with Crippen LogP contribution in [0.15, 0.2) is 158 Å². The van der Waals surface area contributed by atoms with E-state index in [1.807, 2.05) is 18.2 Å². The Bertz CT molecular complexity index is 3280. The van der Waals surface area contributed by atoms with Gasteiger partial charge in [0.05, 0.1) is 55.5 Å². The van der Waals surface area contributed by atoms with Crippen molar-refractivity contribution in [3.63, 3.8) is 0 Å². The van der Waals surface area contributed by atoms with E-state index in [2.05, 4.69) is 17.2 Å². The highest BCUT2D eigenvalue weighted by molar-refractivity contribution is 6.23. The number of nitrogens with zero attached hydrogens (tertiary/aromatic N) is 3. The zero-order chi connectivity index (χ0) is 55.1. The number of nitro benzene ring substituents is 1. The Morgan fingerprint density at radius 1 is 0.795 bits per heavy atom. The van der Waals surface area contributed by atoms with Crippen LogP contribution in [0.5, 0.6) is 5.75 Å². The van der Waals surface area contributed by atoms with Crippen molar-refractivity contribution < 1.29 is 67.6 Å². The number of anilines is 1. The predicted octanol–water partition coefficient (Wildman–Crippen LogP) is 6.52. The van der Waals surface area contributed by atoms with E-state index >= 15 is 14.4 Å². The number of hydrogen-bond donors (Lipinski definition) is 3. The summed E-state index contributed by atoms with van der Waals surface area (Å²) in [5.74, 6) is -1.73. The molecule has 0 saturated carbocycles. The van der Waals surface area contributed by atoms with Gasteiger partial charge in [0.2, 0.25) is 11.8 Å². The summed E-state index contributed by atoms with van der Waals surface area (Å²) in [4.78, 5) is 102. The molecule has 19 nitrogen and oxygen atoms in total. The number of hydrogen-bond acceptors (Lipinski definition) is 16. The van der Waals surface area contributed by atoms with Crippen molar-refractivity contribution in [3.8, 4) is 17.6 Å². The Balaban J connectivity index is 1.31. The lowest BCUT2D eigenvalue weighted by Gasteiger charge is -2.46. The molecular weight excluding hydrogens is 1000 g/mol. The standard InChI is InChI=1S/C59H52N4O15/c1-74-54(67)44(55(68)75-2)23-12-14-36-26-29-46-45(32-36)59(57(70)61(46)58(71)77-35-37-24-27-42(28-25-37)63(72)73)48(53(66)60-34-47(65)38-15-6-3-7-16-38)50-56(69)78-51(40-19-10-5-11-20-40)49(39-17-8-4-9-18-39)62(50)52(59)41-21-13-22-43(33-41)76-31-30-64/h3-11,13,15-22,24-29,32-33,44,47-52,64-65H,23,30-31,34-35H2,1-2H3,(H,60,66). The summed E-state index contributed by atoms with van der Waals surface area (Å²) in [5, 5.41) is 35.7. The van der Waals surface area contributed by atoms with Gasteiger partial charge in [0.25, 0.3) is 5.69 Å².